The number of fused-ring (bicyclic) bond motifs is 1. The minimum absolute atomic E-state index is 0.0142. The Morgan fingerprint density at radius 1 is 1.09 bits per heavy atom. The van der Waals surface area contributed by atoms with Gasteiger partial charge >= 0.3 is 0 Å². The molecule has 1 fully saturated rings. The van der Waals surface area contributed by atoms with Crippen LogP contribution in [-0.4, -0.2) is 45.9 Å². The number of amides is 1. The summed E-state index contributed by atoms with van der Waals surface area (Å²) < 4.78 is 43.2. The van der Waals surface area contributed by atoms with Gasteiger partial charge in [-0.1, -0.05) is 29.8 Å². The zero-order valence-electron chi connectivity index (χ0n) is 18.5. The lowest BCUT2D eigenvalue weighted by molar-refractivity contribution is -0.118. The molecule has 2 atom stereocenters. The van der Waals surface area contributed by atoms with E-state index in [9.17, 15) is 17.6 Å². The van der Waals surface area contributed by atoms with Gasteiger partial charge in [-0.15, -0.1) is 0 Å². The molecule has 1 unspecified atom stereocenters. The number of carbonyl (C=O) groups is 1. The van der Waals surface area contributed by atoms with Gasteiger partial charge in [0.2, 0.25) is 15.9 Å². The molecule has 0 aromatic heterocycles. The summed E-state index contributed by atoms with van der Waals surface area (Å²) in [6.45, 7) is 2.18. The van der Waals surface area contributed by atoms with Crippen LogP contribution in [0, 0.1) is 5.82 Å². The van der Waals surface area contributed by atoms with Gasteiger partial charge in [0.05, 0.1) is 10.6 Å². The van der Waals surface area contributed by atoms with Crippen LogP contribution in [0.2, 0.25) is 5.02 Å². The van der Waals surface area contributed by atoms with Crippen molar-refractivity contribution >= 4 is 44.0 Å². The van der Waals surface area contributed by atoms with E-state index in [1.54, 1.807) is 36.4 Å². The number of rotatable bonds is 6. The van der Waals surface area contributed by atoms with Crippen molar-refractivity contribution in [3.05, 3.63) is 71.0 Å². The third-order valence-corrected chi connectivity index (χ3v) is 7.81. The van der Waals surface area contributed by atoms with E-state index >= 15 is 0 Å². The molecule has 0 spiro atoms. The Balaban J connectivity index is 1.53. The molecule has 1 heterocycles. The Morgan fingerprint density at radius 3 is 2.48 bits per heavy atom. The molecule has 1 aliphatic rings. The van der Waals surface area contributed by atoms with Gasteiger partial charge < -0.3 is 9.80 Å². The second-order valence-corrected chi connectivity index (χ2v) is 10.6. The fourth-order valence-electron chi connectivity index (χ4n) is 3.95. The molecule has 33 heavy (non-hydrogen) atoms. The van der Waals surface area contributed by atoms with Crippen LogP contribution in [0.5, 0.6) is 0 Å². The first kappa shape index (κ1) is 23.6. The lowest BCUT2D eigenvalue weighted by atomic mass is 10.1. The van der Waals surface area contributed by atoms with Gasteiger partial charge in [0.1, 0.15) is 11.9 Å². The Bertz CT molecular complexity index is 1330. The number of sulfonamides is 1. The summed E-state index contributed by atoms with van der Waals surface area (Å²) in [5.41, 5.74) is 0.946. The maximum Gasteiger partial charge on any atom is 0.245 e. The number of benzene rings is 3. The molecule has 0 bridgehead atoms. The van der Waals surface area contributed by atoms with E-state index in [4.69, 9.17) is 11.6 Å². The molecule has 1 aliphatic heterocycles. The summed E-state index contributed by atoms with van der Waals surface area (Å²) in [6.07, 6.45) is 0.247. The lowest BCUT2D eigenvalue weighted by Crippen LogP contribution is -2.41. The average Bonchev–Trinajstić information content (AvgIpc) is 3.11. The second kappa shape index (κ2) is 9.02. The highest BCUT2D eigenvalue weighted by molar-refractivity contribution is 7.89. The van der Waals surface area contributed by atoms with E-state index in [2.05, 4.69) is 4.72 Å². The Hall–Kier alpha value is -2.52. The summed E-state index contributed by atoms with van der Waals surface area (Å²) in [7, 11) is -0.142. The SMILES string of the molecule is C[C@@H](c1ccc(N2CCC(NS(=O)(=O)c3ccc4cc(Cl)ccc4c3)C2=O)c(F)c1)N(C)C. The number of hydrogen-bond donors (Lipinski definition) is 1. The fourth-order valence-corrected chi connectivity index (χ4v) is 5.38. The highest BCUT2D eigenvalue weighted by Gasteiger charge is 2.36. The van der Waals surface area contributed by atoms with Crippen molar-refractivity contribution in [3.8, 4) is 0 Å². The third-order valence-electron chi connectivity index (χ3n) is 6.11. The van der Waals surface area contributed by atoms with Gasteiger partial charge in [-0.05, 0) is 80.2 Å². The van der Waals surface area contributed by atoms with E-state index in [1.807, 2.05) is 25.9 Å². The number of halogens is 2. The van der Waals surface area contributed by atoms with Gasteiger partial charge in [-0.2, -0.15) is 4.72 Å². The first-order valence-corrected chi connectivity index (χ1v) is 12.4. The van der Waals surface area contributed by atoms with Crippen molar-refractivity contribution in [2.45, 2.75) is 30.3 Å². The lowest BCUT2D eigenvalue weighted by Gasteiger charge is -2.22. The van der Waals surface area contributed by atoms with Gasteiger partial charge in [0.15, 0.2) is 0 Å². The minimum atomic E-state index is -3.95. The van der Waals surface area contributed by atoms with Crippen molar-refractivity contribution in [3.63, 3.8) is 0 Å². The van der Waals surface area contributed by atoms with E-state index in [-0.39, 0.29) is 29.6 Å². The molecular weight excluding hydrogens is 465 g/mol. The van der Waals surface area contributed by atoms with E-state index in [0.717, 1.165) is 16.3 Å². The second-order valence-electron chi connectivity index (χ2n) is 8.46. The van der Waals surface area contributed by atoms with Crippen LogP contribution in [0.4, 0.5) is 10.1 Å². The highest BCUT2D eigenvalue weighted by atomic mass is 35.5. The number of nitrogens with zero attached hydrogens (tertiary/aromatic N) is 2. The molecule has 6 nitrogen and oxygen atoms in total. The Kier molecular flexibility index (Phi) is 6.46. The standard InChI is InChI=1S/C24H25ClFN3O3S/c1-15(28(2)3)16-6-9-23(21(26)14-16)29-11-10-22(24(29)30)27-33(31,32)20-8-5-17-12-19(25)7-4-18(17)13-20/h4-9,12-15,22,27H,10-11H2,1-3H3/t15-,22?/m0/s1. The predicted octanol–water partition coefficient (Wildman–Crippen LogP) is 4.34. The molecule has 4 rings (SSSR count). The smallest absolute Gasteiger partial charge is 0.245 e. The molecule has 0 aliphatic carbocycles. The number of carbonyl (C=O) groups excluding carboxylic acids is 1. The number of nitrogens with one attached hydrogen (secondary N) is 1. The number of hydrogen-bond acceptors (Lipinski definition) is 4. The zero-order chi connectivity index (χ0) is 23.9. The highest BCUT2D eigenvalue weighted by Crippen LogP contribution is 2.29. The Morgan fingerprint density at radius 2 is 1.79 bits per heavy atom. The van der Waals surface area contributed by atoms with Gasteiger partial charge in [-0.25, -0.2) is 12.8 Å². The molecule has 1 amide bonds. The average molecular weight is 490 g/mol. The monoisotopic (exact) mass is 489 g/mol. The molecule has 9 heteroatoms. The van der Waals surface area contributed by atoms with Crippen molar-refractivity contribution < 1.29 is 17.6 Å². The normalized spacial score (nSPS) is 17.8. The first-order chi connectivity index (χ1) is 15.6. The molecule has 174 valence electrons. The van der Waals surface area contributed by atoms with Crippen molar-refractivity contribution in [1.82, 2.24) is 9.62 Å². The summed E-state index contributed by atoms with van der Waals surface area (Å²) in [6, 6.07) is 13.7. The van der Waals surface area contributed by atoms with Crippen LogP contribution in [0.15, 0.2) is 59.5 Å². The maximum absolute atomic E-state index is 14.8. The molecule has 1 N–H and O–H groups in total. The van der Waals surface area contributed by atoms with Crippen LogP contribution in [0.3, 0.4) is 0 Å². The quantitative estimate of drug-likeness (QED) is 0.559. The van der Waals surface area contributed by atoms with E-state index in [0.29, 0.717) is 5.02 Å². The van der Waals surface area contributed by atoms with Crippen molar-refractivity contribution in [1.29, 1.82) is 0 Å². The summed E-state index contributed by atoms with van der Waals surface area (Å²) >= 11 is 5.99. The van der Waals surface area contributed by atoms with Gasteiger partial charge in [0.25, 0.3) is 0 Å². The number of anilines is 1. The molecule has 3 aromatic carbocycles. The van der Waals surface area contributed by atoms with Crippen LogP contribution >= 0.6 is 11.6 Å². The van der Waals surface area contributed by atoms with E-state index < -0.39 is 27.8 Å². The summed E-state index contributed by atoms with van der Waals surface area (Å²) in [5, 5.41) is 2.09. The molecule has 0 saturated carbocycles. The van der Waals surface area contributed by atoms with Crippen LogP contribution < -0.4 is 9.62 Å². The largest absolute Gasteiger partial charge is 0.308 e. The van der Waals surface area contributed by atoms with Gasteiger partial charge in [0, 0.05) is 17.6 Å². The van der Waals surface area contributed by atoms with Crippen molar-refractivity contribution in [2.24, 2.45) is 0 Å². The first-order valence-electron chi connectivity index (χ1n) is 10.6. The fraction of sp³-hybridized carbons (Fsp3) is 0.292. The summed E-state index contributed by atoms with van der Waals surface area (Å²) in [4.78, 5) is 16.3. The van der Waals surface area contributed by atoms with Crippen molar-refractivity contribution in [2.75, 3.05) is 25.5 Å². The van der Waals surface area contributed by atoms with E-state index in [1.165, 1.54) is 23.1 Å². The molecular formula is C24H25ClFN3O3S. The van der Waals surface area contributed by atoms with Crippen LogP contribution in [-0.2, 0) is 14.8 Å². The summed E-state index contributed by atoms with van der Waals surface area (Å²) in [5.74, 6) is -0.982. The topological polar surface area (TPSA) is 69.7 Å². The maximum atomic E-state index is 14.8. The third kappa shape index (κ3) is 4.75. The van der Waals surface area contributed by atoms with Crippen LogP contribution in [0.1, 0.15) is 24.9 Å². The minimum Gasteiger partial charge on any atom is -0.308 e. The Labute approximate surface area is 198 Å². The molecule has 1 saturated heterocycles. The zero-order valence-corrected chi connectivity index (χ0v) is 20.1. The predicted molar refractivity (Wildman–Crippen MR) is 129 cm³/mol. The molecule has 3 aromatic rings. The van der Waals surface area contributed by atoms with Crippen LogP contribution in [0.25, 0.3) is 10.8 Å². The molecule has 0 radical (unpaired) electrons. The van der Waals surface area contributed by atoms with Gasteiger partial charge in [-0.3, -0.25) is 4.79 Å².